The van der Waals surface area contributed by atoms with Gasteiger partial charge in [0.25, 0.3) is 5.91 Å². The third kappa shape index (κ3) is 5.13. The van der Waals surface area contributed by atoms with Crippen LogP contribution in [0.2, 0.25) is 5.02 Å². The summed E-state index contributed by atoms with van der Waals surface area (Å²) in [6.07, 6.45) is 2.27. The molecule has 11 heteroatoms. The molecule has 1 aromatic carbocycles. The van der Waals surface area contributed by atoms with E-state index in [-0.39, 0.29) is 36.2 Å². The summed E-state index contributed by atoms with van der Waals surface area (Å²) in [6.45, 7) is 0.378. The van der Waals surface area contributed by atoms with Crippen molar-refractivity contribution in [1.29, 1.82) is 0 Å². The Morgan fingerprint density at radius 2 is 2.06 bits per heavy atom. The van der Waals surface area contributed by atoms with Crippen LogP contribution in [-0.4, -0.2) is 47.3 Å². The predicted octanol–water partition coefficient (Wildman–Crippen LogP) is 3.46. The first kappa shape index (κ1) is 24.3. The molecule has 1 unspecified atom stereocenters. The number of carbonyl (C=O) groups is 2. The van der Waals surface area contributed by atoms with E-state index < -0.39 is 11.6 Å². The van der Waals surface area contributed by atoms with Crippen LogP contribution in [0.1, 0.15) is 34.0 Å². The number of halogens is 3. The van der Waals surface area contributed by atoms with Crippen molar-refractivity contribution in [1.82, 2.24) is 25.7 Å². The lowest BCUT2D eigenvalue weighted by Gasteiger charge is -2.37. The van der Waals surface area contributed by atoms with Gasteiger partial charge in [-0.3, -0.25) is 14.3 Å². The van der Waals surface area contributed by atoms with Gasteiger partial charge >= 0.3 is 0 Å². The van der Waals surface area contributed by atoms with Gasteiger partial charge in [0.1, 0.15) is 0 Å². The number of nitrogens with one attached hydrogen (secondary N) is 3. The molecule has 7 nitrogen and oxygen atoms in total. The normalized spacial score (nSPS) is 20.2. The van der Waals surface area contributed by atoms with Crippen LogP contribution in [0.4, 0.5) is 8.78 Å². The third-order valence-corrected chi connectivity index (χ3v) is 7.37. The average Bonchev–Trinajstić information content (AvgIpc) is 3.42. The fraction of sp³-hybridized carbons (Fsp3) is 0.348. The minimum atomic E-state index is -0.945. The number of hydrogen-bond acceptors (Lipinski definition) is 5. The summed E-state index contributed by atoms with van der Waals surface area (Å²) < 4.78 is 29.2. The molecule has 0 radical (unpaired) electrons. The molecule has 1 aliphatic rings. The molecule has 0 bridgehead atoms. The Hall–Kier alpha value is -2.82. The Morgan fingerprint density at radius 3 is 2.74 bits per heavy atom. The SMILES string of the molecule is CNC(=O)CC1C[C@@H](c2ccc(F)c(F)c2)[C@H](NC(=O)c2ccc(-c3c(Cl)cnn3C)s2)CN1. The number of piperidine rings is 1. The van der Waals surface area contributed by atoms with Crippen LogP contribution in [0, 0.1) is 11.6 Å². The molecule has 3 N–H and O–H groups in total. The molecule has 1 saturated heterocycles. The summed E-state index contributed by atoms with van der Waals surface area (Å²) in [6, 6.07) is 6.76. The molecule has 3 heterocycles. The van der Waals surface area contributed by atoms with E-state index in [1.807, 2.05) is 6.07 Å². The Labute approximate surface area is 204 Å². The summed E-state index contributed by atoms with van der Waals surface area (Å²) in [5, 5.41) is 13.5. The molecular formula is C23H24ClF2N5O2S. The highest BCUT2D eigenvalue weighted by atomic mass is 35.5. The lowest BCUT2D eigenvalue weighted by atomic mass is 9.81. The smallest absolute Gasteiger partial charge is 0.261 e. The Morgan fingerprint density at radius 1 is 1.26 bits per heavy atom. The molecule has 1 aliphatic heterocycles. The van der Waals surface area contributed by atoms with E-state index in [9.17, 15) is 18.4 Å². The first-order valence-electron chi connectivity index (χ1n) is 10.7. The van der Waals surface area contributed by atoms with Gasteiger partial charge in [0, 0.05) is 45.1 Å². The number of nitrogens with zero attached hydrogens (tertiary/aromatic N) is 2. The van der Waals surface area contributed by atoms with Gasteiger partial charge in [-0.25, -0.2) is 8.78 Å². The zero-order valence-electron chi connectivity index (χ0n) is 18.6. The molecule has 34 heavy (non-hydrogen) atoms. The highest BCUT2D eigenvalue weighted by Crippen LogP contribution is 2.34. The Kier molecular flexibility index (Phi) is 7.30. The molecule has 0 saturated carbocycles. The van der Waals surface area contributed by atoms with Crippen molar-refractivity contribution in [3.05, 3.63) is 63.6 Å². The quantitative estimate of drug-likeness (QED) is 0.477. The van der Waals surface area contributed by atoms with Crippen LogP contribution >= 0.6 is 22.9 Å². The number of thiophene rings is 1. The fourth-order valence-corrected chi connectivity index (χ4v) is 5.57. The van der Waals surface area contributed by atoms with Crippen LogP contribution in [0.15, 0.2) is 36.5 Å². The first-order chi connectivity index (χ1) is 16.3. The summed E-state index contributed by atoms with van der Waals surface area (Å²) in [4.78, 5) is 26.3. The fourth-order valence-electron chi connectivity index (χ4n) is 4.25. The first-order valence-corrected chi connectivity index (χ1v) is 11.9. The lowest BCUT2D eigenvalue weighted by Crippen LogP contribution is -2.54. The number of hydrogen-bond donors (Lipinski definition) is 3. The van der Waals surface area contributed by atoms with Crippen molar-refractivity contribution >= 4 is 34.8 Å². The molecule has 0 spiro atoms. The van der Waals surface area contributed by atoms with Gasteiger partial charge in [-0.1, -0.05) is 17.7 Å². The van der Waals surface area contributed by atoms with Gasteiger partial charge in [-0.2, -0.15) is 5.10 Å². The maximum Gasteiger partial charge on any atom is 0.261 e. The van der Waals surface area contributed by atoms with E-state index in [0.29, 0.717) is 28.4 Å². The zero-order chi connectivity index (χ0) is 24.4. The molecule has 2 aromatic heterocycles. The van der Waals surface area contributed by atoms with Crippen molar-refractivity contribution in [3.8, 4) is 10.6 Å². The standard InChI is InChI=1S/C23H24ClF2N5O2S/c1-27-21(32)9-13-8-14(12-3-4-16(25)17(26)7-12)18(11-28-13)30-23(33)20-6-5-19(34-20)22-15(24)10-29-31(22)2/h3-7,10,13-14,18,28H,8-9,11H2,1-2H3,(H,27,32)(H,30,33)/t13?,14-,18+/m0/s1. The lowest BCUT2D eigenvalue weighted by molar-refractivity contribution is -0.121. The summed E-state index contributed by atoms with van der Waals surface area (Å²) in [5.74, 6) is -2.58. The molecule has 2 amide bonds. The second-order valence-corrected chi connectivity index (χ2v) is 9.70. The van der Waals surface area contributed by atoms with Crippen LogP contribution in [-0.2, 0) is 11.8 Å². The molecular weight excluding hydrogens is 484 g/mol. The topological polar surface area (TPSA) is 88.1 Å². The van der Waals surface area contributed by atoms with E-state index >= 15 is 0 Å². The van der Waals surface area contributed by atoms with Crippen molar-refractivity contribution in [3.63, 3.8) is 0 Å². The number of benzene rings is 1. The maximum absolute atomic E-state index is 14.0. The van der Waals surface area contributed by atoms with Crippen molar-refractivity contribution in [2.75, 3.05) is 13.6 Å². The number of rotatable bonds is 6. The Balaban J connectivity index is 1.54. The largest absolute Gasteiger partial charge is 0.359 e. The van der Waals surface area contributed by atoms with Gasteiger partial charge in [0.2, 0.25) is 5.91 Å². The van der Waals surface area contributed by atoms with Gasteiger partial charge in [0.15, 0.2) is 11.6 Å². The van der Waals surface area contributed by atoms with Gasteiger partial charge in [0.05, 0.1) is 26.7 Å². The summed E-state index contributed by atoms with van der Waals surface area (Å²) >= 11 is 7.51. The summed E-state index contributed by atoms with van der Waals surface area (Å²) in [7, 11) is 3.34. The highest BCUT2D eigenvalue weighted by Gasteiger charge is 2.34. The molecule has 180 valence electrons. The third-order valence-electron chi connectivity index (χ3n) is 6.01. The number of aromatic nitrogens is 2. The monoisotopic (exact) mass is 507 g/mol. The van der Waals surface area contributed by atoms with Crippen LogP contribution in [0.25, 0.3) is 10.6 Å². The van der Waals surface area contributed by atoms with E-state index in [4.69, 9.17) is 11.6 Å². The number of amides is 2. The number of aryl methyl sites for hydroxylation is 1. The maximum atomic E-state index is 14.0. The minimum absolute atomic E-state index is 0.121. The van der Waals surface area contributed by atoms with Crippen LogP contribution in [0.5, 0.6) is 0 Å². The van der Waals surface area contributed by atoms with Crippen molar-refractivity contribution in [2.24, 2.45) is 7.05 Å². The zero-order valence-corrected chi connectivity index (χ0v) is 20.1. The molecule has 3 aromatic rings. The predicted molar refractivity (Wildman–Crippen MR) is 127 cm³/mol. The minimum Gasteiger partial charge on any atom is -0.359 e. The van der Waals surface area contributed by atoms with Gasteiger partial charge < -0.3 is 16.0 Å². The van der Waals surface area contributed by atoms with Gasteiger partial charge in [-0.05, 0) is 36.2 Å². The highest BCUT2D eigenvalue weighted by molar-refractivity contribution is 7.17. The van der Waals surface area contributed by atoms with E-state index in [2.05, 4.69) is 21.0 Å². The van der Waals surface area contributed by atoms with E-state index in [0.717, 1.165) is 22.7 Å². The summed E-state index contributed by atoms with van der Waals surface area (Å²) in [5.41, 5.74) is 1.29. The van der Waals surface area contributed by atoms with Crippen LogP contribution < -0.4 is 16.0 Å². The van der Waals surface area contributed by atoms with Gasteiger partial charge in [-0.15, -0.1) is 11.3 Å². The van der Waals surface area contributed by atoms with E-state index in [1.54, 1.807) is 31.0 Å². The molecule has 1 fully saturated rings. The number of carbonyl (C=O) groups excluding carboxylic acids is 2. The van der Waals surface area contributed by atoms with Crippen LogP contribution in [0.3, 0.4) is 0 Å². The second kappa shape index (κ2) is 10.2. The van der Waals surface area contributed by atoms with E-state index in [1.165, 1.54) is 17.4 Å². The molecule has 0 aliphatic carbocycles. The molecule has 3 atom stereocenters. The Bertz CT molecular complexity index is 1190. The van der Waals surface area contributed by atoms with Crippen molar-refractivity contribution < 1.29 is 18.4 Å². The second-order valence-electron chi connectivity index (χ2n) is 8.21. The average molecular weight is 508 g/mol. The van der Waals surface area contributed by atoms with Crippen molar-refractivity contribution in [2.45, 2.75) is 30.8 Å². The molecule has 4 rings (SSSR count).